The number of hydrogen-bond acceptors (Lipinski definition) is 6. The van der Waals surface area contributed by atoms with Crippen LogP contribution in [-0.4, -0.2) is 57.9 Å². The van der Waals surface area contributed by atoms with Crippen LogP contribution < -0.4 is 5.32 Å². The Bertz CT molecular complexity index is 420. The normalized spacial score (nSPS) is 16.9. The molecule has 1 aliphatic heterocycles. The van der Waals surface area contributed by atoms with E-state index in [-0.39, 0.29) is 12.0 Å². The molecule has 1 N–H and O–H groups in total. The minimum absolute atomic E-state index is 0.184. The van der Waals surface area contributed by atoms with Crippen molar-refractivity contribution < 1.29 is 9.53 Å². The number of aromatic nitrogens is 3. The molecule has 0 bridgehead atoms. The summed E-state index contributed by atoms with van der Waals surface area (Å²) in [6.07, 6.45) is 1.75. The number of fused-ring (bicyclic) bond motifs is 1. The number of esters is 1. The van der Waals surface area contributed by atoms with Crippen molar-refractivity contribution in [2.45, 2.75) is 33.0 Å². The monoisotopic (exact) mass is 267 g/mol. The molecule has 1 unspecified atom stereocenters. The van der Waals surface area contributed by atoms with Crippen LogP contribution in [0.1, 0.15) is 19.7 Å². The van der Waals surface area contributed by atoms with Crippen molar-refractivity contribution in [3.63, 3.8) is 0 Å². The summed E-state index contributed by atoms with van der Waals surface area (Å²) in [6.45, 7) is 8.09. The quantitative estimate of drug-likeness (QED) is 0.709. The molecular weight excluding hydrogens is 246 g/mol. The fourth-order valence-corrected chi connectivity index (χ4v) is 2.24. The predicted molar refractivity (Wildman–Crippen MR) is 69.4 cm³/mol. The number of rotatable bonds is 6. The van der Waals surface area contributed by atoms with Gasteiger partial charge in [-0.1, -0.05) is 6.92 Å². The van der Waals surface area contributed by atoms with Crippen LogP contribution in [0.2, 0.25) is 0 Å². The lowest BCUT2D eigenvalue weighted by Gasteiger charge is -2.29. The molecule has 0 spiro atoms. The lowest BCUT2D eigenvalue weighted by atomic mass is 10.2. The Labute approximate surface area is 112 Å². The minimum atomic E-state index is -0.278. The van der Waals surface area contributed by atoms with Crippen LogP contribution in [0.4, 0.5) is 0 Å². The molecule has 106 valence electrons. The molecule has 0 saturated heterocycles. The second kappa shape index (κ2) is 6.63. The van der Waals surface area contributed by atoms with Crippen molar-refractivity contribution in [2.75, 3.05) is 26.2 Å². The number of likely N-dealkylation sites (N-methyl/N-ethyl adjacent to an activating group) is 1. The van der Waals surface area contributed by atoms with E-state index < -0.39 is 0 Å². The van der Waals surface area contributed by atoms with Gasteiger partial charge >= 0.3 is 5.97 Å². The van der Waals surface area contributed by atoms with Gasteiger partial charge in [0, 0.05) is 19.6 Å². The number of nitrogens with zero attached hydrogens (tertiary/aromatic N) is 4. The van der Waals surface area contributed by atoms with Gasteiger partial charge < -0.3 is 14.6 Å². The molecule has 1 aliphatic rings. The summed E-state index contributed by atoms with van der Waals surface area (Å²) in [6, 6.07) is -0.278. The molecule has 0 aliphatic carbocycles. The van der Waals surface area contributed by atoms with Crippen molar-refractivity contribution in [1.82, 2.24) is 25.0 Å². The Morgan fingerprint density at radius 1 is 1.53 bits per heavy atom. The molecule has 0 aromatic carbocycles. The Morgan fingerprint density at radius 3 is 3.11 bits per heavy atom. The van der Waals surface area contributed by atoms with Gasteiger partial charge in [-0.15, -0.1) is 10.2 Å². The first-order valence-corrected chi connectivity index (χ1v) is 6.73. The van der Waals surface area contributed by atoms with Crippen molar-refractivity contribution >= 4 is 5.97 Å². The van der Waals surface area contributed by atoms with Gasteiger partial charge in [0.25, 0.3) is 0 Å². The van der Waals surface area contributed by atoms with Crippen molar-refractivity contribution in [2.24, 2.45) is 0 Å². The second-order valence-electron chi connectivity index (χ2n) is 4.54. The zero-order valence-electron chi connectivity index (χ0n) is 11.5. The second-order valence-corrected chi connectivity index (χ2v) is 4.54. The number of nitrogens with one attached hydrogen (secondary N) is 1. The summed E-state index contributed by atoms with van der Waals surface area (Å²) >= 11 is 0. The van der Waals surface area contributed by atoms with E-state index in [2.05, 4.69) is 20.4 Å². The third-order valence-electron chi connectivity index (χ3n) is 3.18. The van der Waals surface area contributed by atoms with Gasteiger partial charge in [0.2, 0.25) is 0 Å². The van der Waals surface area contributed by atoms with E-state index in [1.807, 2.05) is 18.4 Å². The largest absolute Gasteiger partial charge is 0.465 e. The molecular formula is C12H21N5O2. The zero-order valence-corrected chi connectivity index (χ0v) is 11.5. The van der Waals surface area contributed by atoms with Gasteiger partial charge in [-0.3, -0.25) is 9.69 Å². The zero-order chi connectivity index (χ0) is 13.7. The van der Waals surface area contributed by atoms with E-state index >= 15 is 0 Å². The van der Waals surface area contributed by atoms with E-state index in [1.165, 1.54) is 0 Å². The van der Waals surface area contributed by atoms with Crippen molar-refractivity contribution in [3.8, 4) is 0 Å². The highest BCUT2D eigenvalue weighted by atomic mass is 16.5. The summed E-state index contributed by atoms with van der Waals surface area (Å²) in [5.41, 5.74) is 0. The topological polar surface area (TPSA) is 72.3 Å². The van der Waals surface area contributed by atoms with Gasteiger partial charge in [0.05, 0.1) is 13.2 Å². The number of carbonyl (C=O) groups is 1. The summed E-state index contributed by atoms with van der Waals surface area (Å²) in [5, 5.41) is 11.1. The molecule has 0 radical (unpaired) electrons. The fourth-order valence-electron chi connectivity index (χ4n) is 2.24. The minimum Gasteiger partial charge on any atom is -0.465 e. The maximum Gasteiger partial charge on any atom is 0.324 e. The first-order valence-electron chi connectivity index (χ1n) is 6.73. The molecule has 0 saturated carbocycles. The van der Waals surface area contributed by atoms with Crippen LogP contribution >= 0.6 is 0 Å². The first-order chi connectivity index (χ1) is 9.24. The third-order valence-corrected chi connectivity index (χ3v) is 3.18. The third kappa shape index (κ3) is 3.51. The van der Waals surface area contributed by atoms with Gasteiger partial charge in [-0.25, -0.2) is 0 Å². The predicted octanol–water partition coefficient (Wildman–Crippen LogP) is -0.365. The average molecular weight is 267 g/mol. The first kappa shape index (κ1) is 14.0. The summed E-state index contributed by atoms with van der Waals surface area (Å²) in [5.74, 6) is 0.766. The van der Waals surface area contributed by atoms with Crippen LogP contribution in [0.5, 0.6) is 0 Å². The van der Waals surface area contributed by atoms with Crippen LogP contribution in [0.25, 0.3) is 0 Å². The molecule has 0 amide bonds. The Hall–Kier alpha value is -1.47. The molecule has 7 nitrogen and oxygen atoms in total. The Balaban J connectivity index is 1.93. The van der Waals surface area contributed by atoms with Crippen LogP contribution in [0, 0.1) is 0 Å². The maximum atomic E-state index is 11.9. The highest BCUT2D eigenvalue weighted by molar-refractivity contribution is 5.76. The highest BCUT2D eigenvalue weighted by Gasteiger charge is 2.25. The number of hydrogen-bond donors (Lipinski definition) is 1. The molecule has 7 heteroatoms. The summed E-state index contributed by atoms with van der Waals surface area (Å²) < 4.78 is 7.14. The molecule has 19 heavy (non-hydrogen) atoms. The SMILES string of the molecule is CCNC(CN1CCn2cnnc2C1)C(=O)OCC. The van der Waals surface area contributed by atoms with Crippen LogP contribution in [0.15, 0.2) is 6.33 Å². The summed E-state index contributed by atoms with van der Waals surface area (Å²) in [4.78, 5) is 14.1. The molecule has 0 fully saturated rings. The highest BCUT2D eigenvalue weighted by Crippen LogP contribution is 2.09. The van der Waals surface area contributed by atoms with E-state index in [1.54, 1.807) is 6.33 Å². The van der Waals surface area contributed by atoms with Crippen molar-refractivity contribution in [3.05, 3.63) is 12.2 Å². The fraction of sp³-hybridized carbons (Fsp3) is 0.750. The van der Waals surface area contributed by atoms with Gasteiger partial charge in [0.1, 0.15) is 18.2 Å². The average Bonchev–Trinajstić information content (AvgIpc) is 2.86. The van der Waals surface area contributed by atoms with E-state index in [4.69, 9.17) is 4.74 Å². The molecule has 1 atom stereocenters. The van der Waals surface area contributed by atoms with Gasteiger partial charge in [-0.2, -0.15) is 0 Å². The molecule has 2 rings (SSSR count). The van der Waals surface area contributed by atoms with Crippen LogP contribution in [0.3, 0.4) is 0 Å². The Kier molecular flexibility index (Phi) is 4.86. The smallest absolute Gasteiger partial charge is 0.324 e. The number of ether oxygens (including phenoxy) is 1. The number of carbonyl (C=O) groups excluding carboxylic acids is 1. The molecule has 1 aromatic rings. The van der Waals surface area contributed by atoms with E-state index in [0.717, 1.165) is 32.0 Å². The van der Waals surface area contributed by atoms with Gasteiger partial charge in [-0.05, 0) is 13.5 Å². The van der Waals surface area contributed by atoms with Gasteiger partial charge in [0.15, 0.2) is 0 Å². The molecule has 1 aromatic heterocycles. The standard InChI is InChI=1S/C12H21N5O2/c1-3-13-10(12(18)19-4-2)7-16-5-6-17-9-14-15-11(17)8-16/h9-10,13H,3-8H2,1-2H3. The van der Waals surface area contributed by atoms with E-state index in [9.17, 15) is 4.79 Å². The van der Waals surface area contributed by atoms with E-state index in [0.29, 0.717) is 13.2 Å². The maximum absolute atomic E-state index is 11.9. The Morgan fingerprint density at radius 2 is 2.37 bits per heavy atom. The summed E-state index contributed by atoms with van der Waals surface area (Å²) in [7, 11) is 0. The lowest BCUT2D eigenvalue weighted by Crippen LogP contribution is -2.48. The van der Waals surface area contributed by atoms with Crippen LogP contribution in [-0.2, 0) is 22.6 Å². The molecule has 2 heterocycles. The lowest BCUT2D eigenvalue weighted by molar-refractivity contribution is -0.146. The van der Waals surface area contributed by atoms with Crippen molar-refractivity contribution in [1.29, 1.82) is 0 Å².